The molecule has 0 saturated heterocycles. The molecule has 0 amide bonds. The van der Waals surface area contributed by atoms with E-state index in [0.29, 0.717) is 13.2 Å². The molecule has 0 aliphatic rings. The van der Waals surface area contributed by atoms with Crippen molar-refractivity contribution in [2.24, 2.45) is 0 Å². The maximum atomic E-state index is 11.9. The van der Waals surface area contributed by atoms with Gasteiger partial charge in [-0.1, -0.05) is 28.1 Å². The van der Waals surface area contributed by atoms with Crippen molar-refractivity contribution in [2.75, 3.05) is 26.0 Å². The van der Waals surface area contributed by atoms with E-state index in [0.717, 1.165) is 10.0 Å². The molecule has 0 aliphatic heterocycles. The monoisotopic (exact) mass is 335 g/mol. The van der Waals surface area contributed by atoms with Crippen LogP contribution in [0, 0.1) is 0 Å². The number of sulfonamides is 1. The summed E-state index contributed by atoms with van der Waals surface area (Å²) in [7, 11) is -1.67. The summed E-state index contributed by atoms with van der Waals surface area (Å²) in [6.07, 6.45) is 0. The average molecular weight is 336 g/mol. The highest BCUT2D eigenvalue weighted by atomic mass is 79.9. The van der Waals surface area contributed by atoms with Crippen molar-refractivity contribution in [2.45, 2.75) is 13.5 Å². The Morgan fingerprint density at radius 2 is 2.11 bits per heavy atom. The Bertz CT molecular complexity index is 476. The first kappa shape index (κ1) is 15.6. The SMILES string of the molecule is CCOCCS(=O)(=O)N(C)Cc1cccc(Br)c1. The quantitative estimate of drug-likeness (QED) is 0.718. The van der Waals surface area contributed by atoms with E-state index < -0.39 is 10.0 Å². The molecule has 0 fully saturated rings. The average Bonchev–Trinajstić information content (AvgIpc) is 2.29. The summed E-state index contributed by atoms with van der Waals surface area (Å²) in [4.78, 5) is 0. The van der Waals surface area contributed by atoms with E-state index in [1.54, 1.807) is 7.05 Å². The Balaban J connectivity index is 2.61. The number of hydrogen-bond acceptors (Lipinski definition) is 3. The smallest absolute Gasteiger partial charge is 0.216 e. The van der Waals surface area contributed by atoms with E-state index in [9.17, 15) is 8.42 Å². The van der Waals surface area contributed by atoms with Crippen LogP contribution < -0.4 is 0 Å². The Morgan fingerprint density at radius 1 is 1.39 bits per heavy atom. The van der Waals surface area contributed by atoms with Crippen molar-refractivity contribution in [3.05, 3.63) is 34.3 Å². The molecule has 0 bridgehead atoms. The molecule has 6 heteroatoms. The molecule has 18 heavy (non-hydrogen) atoms. The Hall–Kier alpha value is -0.430. The van der Waals surface area contributed by atoms with Gasteiger partial charge < -0.3 is 4.74 Å². The molecule has 1 rings (SSSR count). The highest BCUT2D eigenvalue weighted by Gasteiger charge is 2.17. The zero-order valence-corrected chi connectivity index (χ0v) is 13.0. The lowest BCUT2D eigenvalue weighted by Gasteiger charge is -2.17. The molecule has 0 saturated carbocycles. The molecule has 0 atom stereocenters. The van der Waals surface area contributed by atoms with Gasteiger partial charge in [-0.3, -0.25) is 0 Å². The third kappa shape index (κ3) is 5.06. The van der Waals surface area contributed by atoms with Crippen LogP contribution in [0.3, 0.4) is 0 Å². The first-order valence-electron chi connectivity index (χ1n) is 5.72. The summed E-state index contributed by atoms with van der Waals surface area (Å²) in [6.45, 7) is 2.98. The first-order chi connectivity index (χ1) is 8.45. The van der Waals surface area contributed by atoms with Crippen molar-refractivity contribution < 1.29 is 13.2 Å². The van der Waals surface area contributed by atoms with Gasteiger partial charge >= 0.3 is 0 Å². The third-order valence-electron chi connectivity index (χ3n) is 2.46. The molecule has 1 aromatic carbocycles. The normalized spacial score (nSPS) is 12.0. The fourth-order valence-electron chi connectivity index (χ4n) is 1.46. The van der Waals surface area contributed by atoms with Gasteiger partial charge in [-0.2, -0.15) is 0 Å². The van der Waals surface area contributed by atoms with Gasteiger partial charge in [0.15, 0.2) is 0 Å². The Labute approximate surface area is 117 Å². The molecule has 0 aliphatic carbocycles. The third-order valence-corrected chi connectivity index (χ3v) is 4.71. The summed E-state index contributed by atoms with van der Waals surface area (Å²) in [6, 6.07) is 7.61. The number of hydrogen-bond donors (Lipinski definition) is 0. The molecule has 0 spiro atoms. The van der Waals surface area contributed by atoms with Gasteiger partial charge in [0.2, 0.25) is 10.0 Å². The van der Waals surface area contributed by atoms with E-state index in [1.165, 1.54) is 4.31 Å². The summed E-state index contributed by atoms with van der Waals surface area (Å²) in [5, 5.41) is 0. The minimum absolute atomic E-state index is 0.0192. The molecule has 0 N–H and O–H groups in total. The van der Waals surface area contributed by atoms with Crippen LogP contribution in [0.25, 0.3) is 0 Å². The van der Waals surface area contributed by atoms with Crippen LogP contribution in [0.4, 0.5) is 0 Å². The predicted octanol–water partition coefficient (Wildman–Crippen LogP) is 2.25. The fourth-order valence-corrected chi connectivity index (χ4v) is 2.89. The molecular formula is C12H18BrNO3S. The molecule has 102 valence electrons. The van der Waals surface area contributed by atoms with Crippen LogP contribution >= 0.6 is 15.9 Å². The molecule has 1 aromatic rings. The minimum Gasteiger partial charge on any atom is -0.381 e. The van der Waals surface area contributed by atoms with Crippen LogP contribution in [0.1, 0.15) is 12.5 Å². The van der Waals surface area contributed by atoms with Crippen molar-refractivity contribution in [1.82, 2.24) is 4.31 Å². The largest absolute Gasteiger partial charge is 0.381 e. The Kier molecular flexibility index (Phi) is 6.28. The maximum absolute atomic E-state index is 11.9. The lowest BCUT2D eigenvalue weighted by molar-refractivity contribution is 0.162. The second-order valence-corrected chi connectivity index (χ2v) is 7.01. The maximum Gasteiger partial charge on any atom is 0.216 e. The zero-order valence-electron chi connectivity index (χ0n) is 10.6. The predicted molar refractivity (Wildman–Crippen MR) is 75.9 cm³/mol. The van der Waals surface area contributed by atoms with Gasteiger partial charge in [-0.05, 0) is 24.6 Å². The number of halogens is 1. The fraction of sp³-hybridized carbons (Fsp3) is 0.500. The number of nitrogens with zero attached hydrogens (tertiary/aromatic N) is 1. The number of rotatable bonds is 7. The first-order valence-corrected chi connectivity index (χ1v) is 8.12. The molecule has 0 radical (unpaired) electrons. The zero-order chi connectivity index (χ0) is 13.6. The summed E-state index contributed by atoms with van der Waals surface area (Å²) < 4.78 is 31.2. The van der Waals surface area contributed by atoms with Gasteiger partial charge in [-0.25, -0.2) is 12.7 Å². The van der Waals surface area contributed by atoms with E-state index in [-0.39, 0.29) is 12.4 Å². The lowest BCUT2D eigenvalue weighted by atomic mass is 10.2. The summed E-state index contributed by atoms with van der Waals surface area (Å²) in [5.74, 6) is 0.0192. The van der Waals surface area contributed by atoms with Crippen LogP contribution in [-0.4, -0.2) is 38.7 Å². The van der Waals surface area contributed by atoms with Gasteiger partial charge in [0, 0.05) is 24.7 Å². The second-order valence-electron chi connectivity index (χ2n) is 3.90. The number of ether oxygens (including phenoxy) is 1. The molecule has 4 nitrogen and oxygen atoms in total. The Morgan fingerprint density at radius 3 is 2.72 bits per heavy atom. The standard InChI is InChI=1S/C12H18BrNO3S/c1-3-17-7-8-18(15,16)14(2)10-11-5-4-6-12(13)9-11/h4-6,9H,3,7-8,10H2,1-2H3. The van der Waals surface area contributed by atoms with Gasteiger partial charge in [0.05, 0.1) is 12.4 Å². The van der Waals surface area contributed by atoms with Gasteiger partial charge in [-0.15, -0.1) is 0 Å². The van der Waals surface area contributed by atoms with Gasteiger partial charge in [0.25, 0.3) is 0 Å². The van der Waals surface area contributed by atoms with Crippen molar-refractivity contribution in [1.29, 1.82) is 0 Å². The highest BCUT2D eigenvalue weighted by molar-refractivity contribution is 9.10. The van der Waals surface area contributed by atoms with E-state index in [2.05, 4.69) is 15.9 Å². The summed E-state index contributed by atoms with van der Waals surface area (Å²) >= 11 is 3.37. The van der Waals surface area contributed by atoms with Crippen molar-refractivity contribution >= 4 is 26.0 Å². The molecule has 0 aromatic heterocycles. The van der Waals surface area contributed by atoms with E-state index >= 15 is 0 Å². The van der Waals surface area contributed by atoms with Crippen LogP contribution in [-0.2, 0) is 21.3 Å². The second kappa shape index (κ2) is 7.23. The lowest BCUT2D eigenvalue weighted by Crippen LogP contribution is -2.30. The van der Waals surface area contributed by atoms with Gasteiger partial charge in [0.1, 0.15) is 0 Å². The molecule has 0 unspecified atom stereocenters. The van der Waals surface area contributed by atoms with Crippen molar-refractivity contribution in [3.8, 4) is 0 Å². The number of benzene rings is 1. The van der Waals surface area contributed by atoms with Crippen LogP contribution in [0.2, 0.25) is 0 Å². The molecular weight excluding hydrogens is 318 g/mol. The van der Waals surface area contributed by atoms with Crippen LogP contribution in [0.15, 0.2) is 28.7 Å². The highest BCUT2D eigenvalue weighted by Crippen LogP contribution is 2.14. The van der Waals surface area contributed by atoms with E-state index in [4.69, 9.17) is 4.74 Å². The van der Waals surface area contributed by atoms with E-state index in [1.807, 2.05) is 31.2 Å². The molecule has 0 heterocycles. The minimum atomic E-state index is -3.25. The summed E-state index contributed by atoms with van der Waals surface area (Å²) in [5.41, 5.74) is 0.951. The topological polar surface area (TPSA) is 46.6 Å². The van der Waals surface area contributed by atoms with Crippen LogP contribution in [0.5, 0.6) is 0 Å². The van der Waals surface area contributed by atoms with Crippen molar-refractivity contribution in [3.63, 3.8) is 0 Å².